The number of amides is 1. The van der Waals surface area contributed by atoms with Crippen LogP contribution in [0.5, 0.6) is 11.5 Å². The zero-order valence-corrected chi connectivity index (χ0v) is 10.4. The van der Waals surface area contributed by atoms with Gasteiger partial charge in [0.15, 0.2) is 5.75 Å². The minimum atomic E-state index is -0.838. The highest BCUT2D eigenvalue weighted by molar-refractivity contribution is 5.97. The van der Waals surface area contributed by atoms with E-state index in [1.165, 1.54) is 14.0 Å². The van der Waals surface area contributed by atoms with Gasteiger partial charge < -0.3 is 20.3 Å². The normalized spacial score (nSPS) is 9.79. The smallest absolute Gasteiger partial charge is 0.325 e. The van der Waals surface area contributed by atoms with Crippen LogP contribution in [0, 0.1) is 6.92 Å². The molecule has 0 radical (unpaired) electrons. The molecule has 0 aromatic heterocycles. The van der Waals surface area contributed by atoms with Gasteiger partial charge in [-0.25, -0.2) is 0 Å². The van der Waals surface area contributed by atoms with Crippen molar-refractivity contribution in [3.63, 3.8) is 0 Å². The van der Waals surface area contributed by atoms with Gasteiger partial charge >= 0.3 is 5.97 Å². The number of aromatic hydroxyl groups is 2. The van der Waals surface area contributed by atoms with Gasteiger partial charge in [0.1, 0.15) is 6.54 Å². The summed E-state index contributed by atoms with van der Waals surface area (Å²) >= 11 is 0. The molecule has 0 saturated heterocycles. The molecule has 7 nitrogen and oxygen atoms in total. The van der Waals surface area contributed by atoms with Crippen LogP contribution in [-0.2, 0) is 9.53 Å². The van der Waals surface area contributed by atoms with Gasteiger partial charge in [-0.3, -0.25) is 14.4 Å². The minimum Gasteiger partial charge on any atom is -0.504 e. The van der Waals surface area contributed by atoms with Crippen LogP contribution in [0.3, 0.4) is 0 Å². The van der Waals surface area contributed by atoms with E-state index >= 15 is 0 Å². The van der Waals surface area contributed by atoms with E-state index in [1.54, 1.807) is 0 Å². The van der Waals surface area contributed by atoms with Crippen LogP contribution >= 0.6 is 0 Å². The Morgan fingerprint density at radius 2 is 1.95 bits per heavy atom. The predicted molar refractivity (Wildman–Crippen MR) is 65.1 cm³/mol. The zero-order chi connectivity index (χ0) is 14.6. The van der Waals surface area contributed by atoms with Gasteiger partial charge in [0.05, 0.1) is 7.11 Å². The minimum absolute atomic E-state index is 0.0289. The topological polar surface area (TPSA) is 113 Å². The molecule has 1 aromatic carbocycles. The summed E-state index contributed by atoms with van der Waals surface area (Å²) < 4.78 is 4.35. The fourth-order valence-electron chi connectivity index (χ4n) is 1.35. The first-order chi connectivity index (χ1) is 8.86. The molecule has 0 atom stereocenters. The molecular weight excluding hydrogens is 254 g/mol. The van der Waals surface area contributed by atoms with Crippen molar-refractivity contribution >= 4 is 11.9 Å². The summed E-state index contributed by atoms with van der Waals surface area (Å²) in [6.45, 7) is 1.12. The molecular formula is C12H13NO6. The first-order valence-corrected chi connectivity index (χ1v) is 5.28. The molecule has 0 heterocycles. The number of carbonyl (C=O) groups excluding carboxylic acids is 2. The van der Waals surface area contributed by atoms with Gasteiger partial charge in [0.25, 0.3) is 5.91 Å². The van der Waals surface area contributed by atoms with Crippen molar-refractivity contribution < 1.29 is 24.5 Å². The van der Waals surface area contributed by atoms with Gasteiger partial charge in [0.2, 0.25) is 11.2 Å². The number of esters is 1. The molecule has 0 saturated carbocycles. The van der Waals surface area contributed by atoms with Crippen LogP contribution in [0.15, 0.2) is 16.9 Å². The lowest BCUT2D eigenvalue weighted by Gasteiger charge is -2.04. The molecule has 102 valence electrons. The summed E-state index contributed by atoms with van der Waals surface area (Å²) in [6.07, 6.45) is 0. The summed E-state index contributed by atoms with van der Waals surface area (Å²) in [6, 6.07) is 1.97. The third-order valence-electron chi connectivity index (χ3n) is 2.40. The number of methoxy groups -OCH3 is 1. The fraction of sp³-hybridized carbons (Fsp3) is 0.250. The van der Waals surface area contributed by atoms with Gasteiger partial charge in [-0.2, -0.15) is 0 Å². The maximum Gasteiger partial charge on any atom is 0.325 e. The average molecular weight is 267 g/mol. The van der Waals surface area contributed by atoms with Gasteiger partial charge in [-0.05, 0) is 24.6 Å². The van der Waals surface area contributed by atoms with E-state index in [4.69, 9.17) is 0 Å². The van der Waals surface area contributed by atoms with Crippen LogP contribution < -0.4 is 10.7 Å². The van der Waals surface area contributed by atoms with Crippen molar-refractivity contribution in [1.82, 2.24) is 5.32 Å². The molecule has 0 unspecified atom stereocenters. The second kappa shape index (κ2) is 5.85. The Balaban J connectivity index is 3.11. The first kappa shape index (κ1) is 14.5. The van der Waals surface area contributed by atoms with Crippen LogP contribution in [0.2, 0.25) is 0 Å². The predicted octanol–water partition coefficient (Wildman–Crippen LogP) is -0.331. The van der Waals surface area contributed by atoms with E-state index in [0.717, 1.165) is 12.1 Å². The summed E-state index contributed by atoms with van der Waals surface area (Å²) in [5, 5.41) is 21.0. The second-order valence-electron chi connectivity index (χ2n) is 3.74. The summed E-state index contributed by atoms with van der Waals surface area (Å²) in [5.74, 6) is -2.85. The third kappa shape index (κ3) is 3.44. The van der Waals surface area contributed by atoms with Crippen LogP contribution in [0.4, 0.5) is 0 Å². The quantitative estimate of drug-likeness (QED) is 0.646. The number of hydrogen-bond acceptors (Lipinski definition) is 6. The van der Waals surface area contributed by atoms with Crippen molar-refractivity contribution in [2.24, 2.45) is 0 Å². The van der Waals surface area contributed by atoms with Crippen molar-refractivity contribution in [3.8, 4) is 11.5 Å². The van der Waals surface area contributed by atoms with Crippen LogP contribution in [0.25, 0.3) is 0 Å². The molecule has 1 amide bonds. The van der Waals surface area contributed by atoms with Crippen LogP contribution in [-0.4, -0.2) is 35.7 Å². The standard InChI is InChI=1S/C12H13NO6/c1-6-3-8(14)11(17)9(15)4-7(6)12(18)13-5-10(16)19-2/h3-4H,5H2,1-2H3,(H,13,18)(H2,14,15,17). The highest BCUT2D eigenvalue weighted by Gasteiger charge is 2.14. The molecule has 0 aliphatic carbocycles. The molecule has 0 aliphatic heterocycles. The fourth-order valence-corrected chi connectivity index (χ4v) is 1.35. The largest absolute Gasteiger partial charge is 0.504 e. The van der Waals surface area contributed by atoms with E-state index in [0.29, 0.717) is 0 Å². The number of carbonyl (C=O) groups is 2. The molecule has 3 N–H and O–H groups in total. The number of nitrogens with one attached hydrogen (secondary N) is 1. The van der Waals surface area contributed by atoms with E-state index in [-0.39, 0.29) is 17.7 Å². The number of rotatable bonds is 3. The SMILES string of the molecule is COC(=O)CNC(=O)c1cc(O)c(O)c(=O)cc1C. The van der Waals surface area contributed by atoms with Crippen molar-refractivity contribution in [2.75, 3.05) is 13.7 Å². The average Bonchev–Trinajstić information content (AvgIpc) is 2.47. The summed E-state index contributed by atoms with van der Waals surface area (Å²) in [4.78, 5) is 34.0. The lowest BCUT2D eigenvalue weighted by atomic mass is 10.1. The molecule has 1 aromatic rings. The number of ether oxygens (including phenoxy) is 1. The summed E-state index contributed by atoms with van der Waals surface area (Å²) in [7, 11) is 1.18. The highest BCUT2D eigenvalue weighted by Crippen LogP contribution is 2.21. The molecule has 19 heavy (non-hydrogen) atoms. The zero-order valence-electron chi connectivity index (χ0n) is 10.4. The van der Waals surface area contributed by atoms with Gasteiger partial charge in [-0.1, -0.05) is 0 Å². The van der Waals surface area contributed by atoms with Gasteiger partial charge in [-0.15, -0.1) is 0 Å². The second-order valence-corrected chi connectivity index (χ2v) is 3.74. The Morgan fingerprint density at radius 1 is 1.32 bits per heavy atom. The molecule has 1 rings (SSSR count). The van der Waals surface area contributed by atoms with Crippen LogP contribution in [0.1, 0.15) is 15.9 Å². The molecule has 7 heteroatoms. The Bertz CT molecular complexity index is 581. The number of hydrogen-bond donors (Lipinski definition) is 3. The maximum absolute atomic E-state index is 11.8. The van der Waals surface area contributed by atoms with E-state index in [9.17, 15) is 24.6 Å². The third-order valence-corrected chi connectivity index (χ3v) is 2.40. The lowest BCUT2D eigenvalue weighted by Crippen LogP contribution is -2.30. The Labute approximate surface area is 108 Å². The molecule has 0 spiro atoms. The lowest BCUT2D eigenvalue weighted by molar-refractivity contribution is -0.139. The molecule has 0 aliphatic rings. The highest BCUT2D eigenvalue weighted by atomic mass is 16.5. The van der Waals surface area contributed by atoms with Crippen molar-refractivity contribution in [1.29, 1.82) is 0 Å². The first-order valence-electron chi connectivity index (χ1n) is 5.28. The monoisotopic (exact) mass is 267 g/mol. The van der Waals surface area contributed by atoms with Gasteiger partial charge in [0, 0.05) is 5.56 Å². The number of aryl methyl sites for hydroxylation is 1. The van der Waals surface area contributed by atoms with Crippen molar-refractivity contribution in [2.45, 2.75) is 6.92 Å². The maximum atomic E-state index is 11.8. The van der Waals surface area contributed by atoms with E-state index in [2.05, 4.69) is 10.1 Å². The molecule has 0 bridgehead atoms. The summed E-state index contributed by atoms with van der Waals surface area (Å²) in [5.41, 5.74) is -0.580. The van der Waals surface area contributed by atoms with E-state index in [1.807, 2.05) is 0 Å². The Hall–Kier alpha value is -2.57. The van der Waals surface area contributed by atoms with Crippen molar-refractivity contribution in [3.05, 3.63) is 33.5 Å². The Morgan fingerprint density at radius 3 is 2.53 bits per heavy atom. The Kier molecular flexibility index (Phi) is 4.46. The molecule has 0 fully saturated rings. The van der Waals surface area contributed by atoms with E-state index < -0.39 is 28.8 Å².